The molecular formula is C18H18FN3O3. The molecule has 0 saturated carbocycles. The van der Waals surface area contributed by atoms with Crippen LogP contribution < -0.4 is 10.9 Å². The van der Waals surface area contributed by atoms with Crippen LogP contribution >= 0.6 is 0 Å². The van der Waals surface area contributed by atoms with Crippen molar-refractivity contribution in [3.63, 3.8) is 0 Å². The van der Waals surface area contributed by atoms with E-state index in [-0.39, 0.29) is 12.1 Å². The minimum Gasteiger partial charge on any atom is -0.359 e. The lowest BCUT2D eigenvalue weighted by Gasteiger charge is -2.06. The second kappa shape index (κ2) is 6.88. The largest absolute Gasteiger partial charge is 0.359 e. The molecule has 130 valence electrons. The molecule has 0 spiro atoms. The average molecular weight is 343 g/mol. The Morgan fingerprint density at radius 1 is 1.32 bits per heavy atom. The van der Waals surface area contributed by atoms with E-state index in [4.69, 9.17) is 4.52 Å². The number of rotatable bonds is 5. The van der Waals surface area contributed by atoms with Crippen LogP contribution in [0.5, 0.6) is 0 Å². The first-order valence-electron chi connectivity index (χ1n) is 7.97. The first-order valence-corrected chi connectivity index (χ1v) is 7.97. The van der Waals surface area contributed by atoms with Crippen LogP contribution in [0, 0.1) is 11.7 Å². The fourth-order valence-electron chi connectivity index (χ4n) is 2.63. The van der Waals surface area contributed by atoms with Crippen LogP contribution in [0.3, 0.4) is 0 Å². The first-order chi connectivity index (χ1) is 11.9. The molecule has 6 nitrogen and oxygen atoms in total. The third-order valence-corrected chi connectivity index (χ3v) is 3.70. The molecule has 0 fully saturated rings. The number of carbonyl (C=O) groups is 1. The topological polar surface area (TPSA) is 88.0 Å². The molecule has 0 saturated heterocycles. The number of pyridine rings is 1. The molecule has 2 heterocycles. The molecule has 2 N–H and O–H groups in total. The summed E-state index contributed by atoms with van der Waals surface area (Å²) in [4.78, 5) is 26.7. The number of benzene rings is 1. The van der Waals surface area contributed by atoms with E-state index in [1.807, 2.05) is 0 Å². The van der Waals surface area contributed by atoms with Crippen molar-refractivity contribution in [2.24, 2.45) is 5.92 Å². The van der Waals surface area contributed by atoms with Gasteiger partial charge >= 0.3 is 0 Å². The van der Waals surface area contributed by atoms with Crippen LogP contribution in [0.15, 0.2) is 39.6 Å². The maximum atomic E-state index is 13.5. The van der Waals surface area contributed by atoms with Gasteiger partial charge in [0.1, 0.15) is 5.82 Å². The molecule has 3 aromatic rings. The summed E-state index contributed by atoms with van der Waals surface area (Å²) in [5, 5.41) is 6.97. The Labute approximate surface area is 143 Å². The molecule has 0 radical (unpaired) electrons. The summed E-state index contributed by atoms with van der Waals surface area (Å²) >= 11 is 0. The van der Waals surface area contributed by atoms with Gasteiger partial charge in [0.15, 0.2) is 5.76 Å². The van der Waals surface area contributed by atoms with Gasteiger partial charge in [-0.2, -0.15) is 0 Å². The zero-order valence-corrected chi connectivity index (χ0v) is 13.9. The van der Waals surface area contributed by atoms with Gasteiger partial charge in [-0.3, -0.25) is 9.59 Å². The van der Waals surface area contributed by atoms with E-state index in [0.717, 1.165) is 18.2 Å². The monoisotopic (exact) mass is 343 g/mol. The van der Waals surface area contributed by atoms with E-state index >= 15 is 0 Å². The molecular weight excluding hydrogens is 325 g/mol. The predicted molar refractivity (Wildman–Crippen MR) is 90.7 cm³/mol. The molecule has 1 amide bonds. The van der Waals surface area contributed by atoms with Gasteiger partial charge in [-0.25, -0.2) is 4.39 Å². The second-order valence-electron chi connectivity index (χ2n) is 6.30. The van der Waals surface area contributed by atoms with Gasteiger partial charge in [-0.05, 0) is 30.5 Å². The normalized spacial score (nSPS) is 11.2. The van der Waals surface area contributed by atoms with E-state index in [1.165, 1.54) is 18.2 Å². The smallest absolute Gasteiger partial charge is 0.252 e. The zero-order chi connectivity index (χ0) is 18.0. The minimum absolute atomic E-state index is 0.111. The molecule has 0 bridgehead atoms. The molecule has 0 aliphatic heterocycles. The van der Waals surface area contributed by atoms with Gasteiger partial charge in [0.2, 0.25) is 5.56 Å². The fraction of sp³-hybridized carbons (Fsp3) is 0.278. The highest BCUT2D eigenvalue weighted by molar-refractivity contribution is 6.05. The summed E-state index contributed by atoms with van der Waals surface area (Å²) < 4.78 is 18.7. The van der Waals surface area contributed by atoms with Gasteiger partial charge in [0.25, 0.3) is 5.91 Å². The molecule has 0 aliphatic carbocycles. The Kier molecular flexibility index (Phi) is 4.65. The zero-order valence-electron chi connectivity index (χ0n) is 13.9. The Hall–Kier alpha value is -2.96. The number of hydrogen-bond donors (Lipinski definition) is 2. The van der Waals surface area contributed by atoms with Crippen molar-refractivity contribution in [1.29, 1.82) is 0 Å². The van der Waals surface area contributed by atoms with Crippen LogP contribution in [0.4, 0.5) is 4.39 Å². The maximum Gasteiger partial charge on any atom is 0.252 e. The number of aromatic amines is 1. The van der Waals surface area contributed by atoms with E-state index in [0.29, 0.717) is 22.6 Å². The van der Waals surface area contributed by atoms with Crippen molar-refractivity contribution in [2.75, 3.05) is 0 Å². The van der Waals surface area contributed by atoms with Crippen molar-refractivity contribution in [3.8, 4) is 0 Å². The molecule has 2 aromatic heterocycles. The standard InChI is InChI=1S/C18H18FN3O3/c1-10(2)5-12-7-13(25-22-12)9-20-18(24)15-8-17(23)21-16-4-3-11(19)6-14(15)16/h3-4,6-8,10H,5,9H2,1-2H3,(H,20,24)(H,21,23). The molecule has 0 aliphatic rings. The number of halogens is 1. The van der Waals surface area contributed by atoms with E-state index < -0.39 is 17.3 Å². The average Bonchev–Trinajstić information content (AvgIpc) is 2.99. The Morgan fingerprint density at radius 2 is 2.12 bits per heavy atom. The lowest BCUT2D eigenvalue weighted by molar-refractivity contribution is 0.0948. The van der Waals surface area contributed by atoms with Gasteiger partial charge < -0.3 is 14.8 Å². The Balaban J connectivity index is 1.79. The Bertz CT molecular complexity index is 975. The SMILES string of the molecule is CC(C)Cc1cc(CNC(=O)c2cc(=O)[nH]c3ccc(F)cc23)on1. The van der Waals surface area contributed by atoms with E-state index in [9.17, 15) is 14.0 Å². The van der Waals surface area contributed by atoms with Gasteiger partial charge in [0.05, 0.1) is 17.8 Å². The number of aromatic nitrogens is 2. The quantitative estimate of drug-likeness (QED) is 0.746. The van der Waals surface area contributed by atoms with Gasteiger partial charge in [0, 0.05) is 23.0 Å². The third kappa shape index (κ3) is 3.93. The van der Waals surface area contributed by atoms with Crippen molar-refractivity contribution in [1.82, 2.24) is 15.5 Å². The van der Waals surface area contributed by atoms with Crippen LogP contribution in [-0.2, 0) is 13.0 Å². The summed E-state index contributed by atoms with van der Waals surface area (Å²) in [5.41, 5.74) is 0.907. The van der Waals surface area contributed by atoms with Crippen molar-refractivity contribution in [3.05, 3.63) is 63.5 Å². The minimum atomic E-state index is -0.484. The molecule has 3 rings (SSSR count). The molecule has 7 heteroatoms. The van der Waals surface area contributed by atoms with Crippen molar-refractivity contribution in [2.45, 2.75) is 26.8 Å². The lowest BCUT2D eigenvalue weighted by atomic mass is 10.1. The van der Waals surface area contributed by atoms with Crippen LogP contribution in [0.25, 0.3) is 10.9 Å². The number of carbonyl (C=O) groups excluding carboxylic acids is 1. The summed E-state index contributed by atoms with van der Waals surface area (Å²) in [7, 11) is 0. The number of nitrogens with one attached hydrogen (secondary N) is 2. The molecule has 25 heavy (non-hydrogen) atoms. The van der Waals surface area contributed by atoms with Crippen molar-refractivity contribution < 1.29 is 13.7 Å². The second-order valence-corrected chi connectivity index (χ2v) is 6.30. The summed E-state index contributed by atoms with van der Waals surface area (Å²) in [6, 6.07) is 6.81. The molecule has 0 unspecified atom stereocenters. The molecule has 1 aromatic carbocycles. The number of hydrogen-bond acceptors (Lipinski definition) is 4. The predicted octanol–water partition coefficient (Wildman–Crippen LogP) is 2.78. The van der Waals surface area contributed by atoms with Crippen LogP contribution in [-0.4, -0.2) is 16.0 Å². The summed E-state index contributed by atoms with van der Waals surface area (Å²) in [6.45, 7) is 4.29. The Morgan fingerprint density at radius 3 is 2.88 bits per heavy atom. The van der Waals surface area contributed by atoms with Crippen LogP contribution in [0.2, 0.25) is 0 Å². The highest BCUT2D eigenvalue weighted by atomic mass is 19.1. The number of H-pyrrole nitrogens is 1. The highest BCUT2D eigenvalue weighted by Gasteiger charge is 2.14. The number of nitrogens with zero attached hydrogens (tertiary/aromatic N) is 1. The third-order valence-electron chi connectivity index (χ3n) is 3.70. The van der Waals surface area contributed by atoms with Gasteiger partial charge in [-0.15, -0.1) is 0 Å². The van der Waals surface area contributed by atoms with Crippen molar-refractivity contribution >= 4 is 16.8 Å². The maximum absolute atomic E-state index is 13.5. The van der Waals surface area contributed by atoms with Gasteiger partial charge in [-0.1, -0.05) is 19.0 Å². The van der Waals surface area contributed by atoms with E-state index in [2.05, 4.69) is 29.3 Å². The summed E-state index contributed by atoms with van der Waals surface area (Å²) in [5.74, 6) is -0.000145. The van der Waals surface area contributed by atoms with E-state index in [1.54, 1.807) is 6.07 Å². The fourth-order valence-corrected chi connectivity index (χ4v) is 2.63. The number of amides is 1. The highest BCUT2D eigenvalue weighted by Crippen LogP contribution is 2.17. The lowest BCUT2D eigenvalue weighted by Crippen LogP contribution is -2.24. The van der Waals surface area contributed by atoms with Crippen LogP contribution in [0.1, 0.15) is 35.7 Å². The summed E-state index contributed by atoms with van der Waals surface area (Å²) in [6.07, 6.45) is 0.787. The molecule has 0 atom stereocenters. The first kappa shape index (κ1) is 16.9. The number of fused-ring (bicyclic) bond motifs is 1.